The summed E-state index contributed by atoms with van der Waals surface area (Å²) in [5, 5.41) is 0. The molecule has 1 amide bonds. The van der Waals surface area contributed by atoms with Crippen LogP contribution in [0, 0.1) is 0 Å². The van der Waals surface area contributed by atoms with Gasteiger partial charge in [-0.2, -0.15) is 0 Å². The van der Waals surface area contributed by atoms with Crippen molar-refractivity contribution in [1.29, 1.82) is 0 Å². The van der Waals surface area contributed by atoms with E-state index in [0.717, 1.165) is 19.1 Å². The molecule has 2 N–H and O–H groups in total. The van der Waals surface area contributed by atoms with Crippen molar-refractivity contribution in [3.8, 4) is 0 Å². The molecule has 0 aromatic heterocycles. The van der Waals surface area contributed by atoms with Crippen LogP contribution < -0.4 is 5.73 Å². The average molecular weight is 248 g/mol. The summed E-state index contributed by atoms with van der Waals surface area (Å²) in [5.74, 6) is -0.147. The van der Waals surface area contributed by atoms with E-state index in [1.165, 1.54) is 0 Å². The third-order valence-corrected chi connectivity index (χ3v) is 3.87. The number of hydrogen-bond donors (Lipinski definition) is 1. The summed E-state index contributed by atoms with van der Waals surface area (Å²) in [5.41, 5.74) is 5.80. The van der Waals surface area contributed by atoms with Crippen molar-refractivity contribution < 1.29 is 13.2 Å². The summed E-state index contributed by atoms with van der Waals surface area (Å²) in [6.45, 7) is 2.60. The highest BCUT2D eigenvalue weighted by Gasteiger charge is 2.27. The average Bonchev–Trinajstić information content (AvgIpc) is 2.13. The Bertz CT molecular complexity index is 353. The molecule has 1 rings (SSSR count). The van der Waals surface area contributed by atoms with Gasteiger partial charge in [-0.15, -0.1) is 0 Å². The lowest BCUT2D eigenvalue weighted by Gasteiger charge is -2.36. The molecule has 94 valence electrons. The molecule has 0 aliphatic carbocycles. The van der Waals surface area contributed by atoms with Gasteiger partial charge in [0.1, 0.15) is 9.84 Å². The zero-order valence-corrected chi connectivity index (χ0v) is 10.7. The van der Waals surface area contributed by atoms with Gasteiger partial charge in [-0.05, 0) is 19.8 Å². The first kappa shape index (κ1) is 13.4. The van der Waals surface area contributed by atoms with Gasteiger partial charge >= 0.3 is 0 Å². The molecule has 1 fully saturated rings. The summed E-state index contributed by atoms with van der Waals surface area (Å²) in [4.78, 5) is 13.5. The molecular weight excluding hydrogens is 228 g/mol. The Hall–Kier alpha value is -0.620. The van der Waals surface area contributed by atoms with E-state index in [-0.39, 0.29) is 30.2 Å². The number of hydrogen-bond acceptors (Lipinski definition) is 4. The number of carbonyl (C=O) groups excluding carboxylic acids is 1. The van der Waals surface area contributed by atoms with E-state index in [1.54, 1.807) is 4.90 Å². The van der Waals surface area contributed by atoms with Crippen molar-refractivity contribution in [3.05, 3.63) is 0 Å². The van der Waals surface area contributed by atoms with E-state index in [1.807, 2.05) is 6.92 Å². The molecule has 5 nitrogen and oxygen atoms in total. The van der Waals surface area contributed by atoms with Crippen molar-refractivity contribution in [2.75, 3.05) is 18.6 Å². The van der Waals surface area contributed by atoms with Crippen LogP contribution in [0.15, 0.2) is 0 Å². The lowest BCUT2D eigenvalue weighted by Crippen LogP contribution is -2.48. The van der Waals surface area contributed by atoms with Crippen LogP contribution in [0.3, 0.4) is 0 Å². The predicted octanol–water partition coefficient (Wildman–Crippen LogP) is -0.241. The van der Waals surface area contributed by atoms with Crippen LogP contribution in [0.4, 0.5) is 0 Å². The summed E-state index contributed by atoms with van der Waals surface area (Å²) in [6, 6.07) is 0.282. The number of nitrogens with two attached hydrogens (primary N) is 1. The van der Waals surface area contributed by atoms with E-state index in [9.17, 15) is 13.2 Å². The van der Waals surface area contributed by atoms with Crippen LogP contribution in [-0.4, -0.2) is 49.9 Å². The fourth-order valence-corrected chi connectivity index (χ4v) is 2.54. The Morgan fingerprint density at radius 2 is 2.12 bits per heavy atom. The maximum Gasteiger partial charge on any atom is 0.223 e. The Labute approximate surface area is 96.9 Å². The zero-order valence-electron chi connectivity index (χ0n) is 9.85. The Kier molecular flexibility index (Phi) is 4.32. The number of sulfone groups is 1. The highest BCUT2D eigenvalue weighted by atomic mass is 32.2. The number of rotatable bonds is 3. The van der Waals surface area contributed by atoms with Crippen molar-refractivity contribution in [2.45, 2.75) is 38.3 Å². The first-order valence-electron chi connectivity index (χ1n) is 5.52. The highest BCUT2D eigenvalue weighted by Crippen LogP contribution is 2.16. The molecule has 2 atom stereocenters. The van der Waals surface area contributed by atoms with Crippen LogP contribution >= 0.6 is 0 Å². The van der Waals surface area contributed by atoms with E-state index in [4.69, 9.17) is 5.73 Å². The molecule has 0 bridgehead atoms. The number of nitrogens with zero attached hydrogens (tertiary/aromatic N) is 1. The van der Waals surface area contributed by atoms with Crippen molar-refractivity contribution in [3.63, 3.8) is 0 Å². The van der Waals surface area contributed by atoms with Crippen molar-refractivity contribution >= 4 is 15.7 Å². The lowest BCUT2D eigenvalue weighted by molar-refractivity contribution is -0.134. The zero-order chi connectivity index (χ0) is 12.3. The number of piperidine rings is 1. The summed E-state index contributed by atoms with van der Waals surface area (Å²) < 4.78 is 21.9. The summed E-state index contributed by atoms with van der Waals surface area (Å²) in [7, 11) is -3.06. The van der Waals surface area contributed by atoms with Gasteiger partial charge in [0, 0.05) is 31.3 Å². The Morgan fingerprint density at radius 1 is 1.50 bits per heavy atom. The summed E-state index contributed by atoms with van der Waals surface area (Å²) in [6.07, 6.45) is 2.83. The maximum atomic E-state index is 11.8. The molecule has 0 aromatic carbocycles. The molecule has 1 saturated heterocycles. The van der Waals surface area contributed by atoms with Gasteiger partial charge in [0.2, 0.25) is 5.91 Å². The molecule has 1 heterocycles. The van der Waals surface area contributed by atoms with Gasteiger partial charge in [0.05, 0.1) is 5.75 Å². The number of carbonyl (C=O) groups is 1. The molecule has 0 radical (unpaired) electrons. The van der Waals surface area contributed by atoms with Gasteiger partial charge in [-0.3, -0.25) is 4.79 Å². The van der Waals surface area contributed by atoms with Crippen molar-refractivity contribution in [2.24, 2.45) is 5.73 Å². The fraction of sp³-hybridized carbons (Fsp3) is 0.900. The minimum absolute atomic E-state index is 0.0683. The first-order valence-corrected chi connectivity index (χ1v) is 7.58. The lowest BCUT2D eigenvalue weighted by atomic mass is 9.99. The second-order valence-electron chi connectivity index (χ2n) is 4.60. The number of amides is 1. The van der Waals surface area contributed by atoms with Gasteiger partial charge in [0.25, 0.3) is 0 Å². The molecule has 16 heavy (non-hydrogen) atoms. The SMILES string of the molecule is C[C@@H]1C[C@H](N)CCN1C(=O)CCS(C)(=O)=O. The largest absolute Gasteiger partial charge is 0.340 e. The smallest absolute Gasteiger partial charge is 0.223 e. The van der Waals surface area contributed by atoms with Crippen LogP contribution in [0.2, 0.25) is 0 Å². The quantitative estimate of drug-likeness (QED) is 0.747. The maximum absolute atomic E-state index is 11.8. The van der Waals surface area contributed by atoms with Crippen LogP contribution in [0.25, 0.3) is 0 Å². The molecule has 0 saturated carbocycles. The highest BCUT2D eigenvalue weighted by molar-refractivity contribution is 7.90. The van der Waals surface area contributed by atoms with Crippen LogP contribution in [0.1, 0.15) is 26.2 Å². The van der Waals surface area contributed by atoms with E-state index >= 15 is 0 Å². The molecule has 1 aliphatic rings. The second-order valence-corrected chi connectivity index (χ2v) is 6.86. The first-order chi connectivity index (χ1) is 7.29. The minimum atomic E-state index is -3.06. The van der Waals surface area contributed by atoms with Crippen molar-refractivity contribution in [1.82, 2.24) is 4.90 Å². The monoisotopic (exact) mass is 248 g/mol. The normalized spacial score (nSPS) is 26.8. The Morgan fingerprint density at radius 3 is 2.62 bits per heavy atom. The third kappa shape index (κ3) is 4.09. The number of likely N-dealkylation sites (tertiary alicyclic amines) is 1. The Balaban J connectivity index is 2.48. The fourth-order valence-electron chi connectivity index (χ4n) is 2.00. The van der Waals surface area contributed by atoms with E-state index in [2.05, 4.69) is 0 Å². The topological polar surface area (TPSA) is 80.5 Å². The standard InChI is InChI=1S/C10H20N2O3S/c1-8-7-9(11)3-5-12(8)10(13)4-6-16(2,14)15/h8-9H,3-7,11H2,1-2H3/t8-,9-/m1/s1. The third-order valence-electron chi connectivity index (χ3n) is 2.92. The van der Waals surface area contributed by atoms with E-state index in [0.29, 0.717) is 6.54 Å². The van der Waals surface area contributed by atoms with Gasteiger partial charge in [0.15, 0.2) is 0 Å². The molecular formula is C10H20N2O3S. The minimum Gasteiger partial charge on any atom is -0.340 e. The molecule has 0 unspecified atom stereocenters. The van der Waals surface area contributed by atoms with Crippen LogP contribution in [0.5, 0.6) is 0 Å². The van der Waals surface area contributed by atoms with Gasteiger partial charge in [-0.1, -0.05) is 0 Å². The predicted molar refractivity (Wildman–Crippen MR) is 62.7 cm³/mol. The second kappa shape index (κ2) is 5.14. The molecule has 1 aliphatic heterocycles. The van der Waals surface area contributed by atoms with E-state index < -0.39 is 9.84 Å². The van der Waals surface area contributed by atoms with Crippen LogP contribution in [-0.2, 0) is 14.6 Å². The molecule has 0 aromatic rings. The van der Waals surface area contributed by atoms with Gasteiger partial charge in [-0.25, -0.2) is 8.42 Å². The molecule has 6 heteroatoms. The molecule has 0 spiro atoms. The summed E-state index contributed by atoms with van der Waals surface area (Å²) >= 11 is 0. The van der Waals surface area contributed by atoms with Gasteiger partial charge < -0.3 is 10.6 Å².